The molecule has 94 valence electrons. The van der Waals surface area contributed by atoms with Crippen molar-refractivity contribution in [1.29, 1.82) is 0 Å². The molecule has 0 saturated carbocycles. The van der Waals surface area contributed by atoms with E-state index in [1.165, 1.54) is 17.2 Å². The summed E-state index contributed by atoms with van der Waals surface area (Å²) in [5.74, 6) is -0.178. The molecular formula is C16H18FN. The first-order chi connectivity index (χ1) is 8.79. The second-order valence-electron chi connectivity index (χ2n) is 4.36. The molecule has 0 aliphatic carbocycles. The van der Waals surface area contributed by atoms with E-state index < -0.39 is 0 Å². The van der Waals surface area contributed by atoms with Gasteiger partial charge in [0.25, 0.3) is 0 Å². The summed E-state index contributed by atoms with van der Waals surface area (Å²) >= 11 is 0. The average Bonchev–Trinajstić information content (AvgIpc) is 2.39. The molecule has 2 aromatic rings. The Bertz CT molecular complexity index is 508. The molecule has 0 spiro atoms. The van der Waals surface area contributed by atoms with E-state index in [0.29, 0.717) is 6.54 Å². The fourth-order valence-electron chi connectivity index (χ4n) is 2.06. The minimum absolute atomic E-state index is 0.178. The predicted molar refractivity (Wildman–Crippen MR) is 72.8 cm³/mol. The van der Waals surface area contributed by atoms with Crippen LogP contribution >= 0.6 is 0 Å². The van der Waals surface area contributed by atoms with Gasteiger partial charge in [0.1, 0.15) is 5.82 Å². The van der Waals surface area contributed by atoms with Crippen molar-refractivity contribution in [1.82, 2.24) is 5.32 Å². The van der Waals surface area contributed by atoms with Crippen LogP contribution < -0.4 is 5.32 Å². The molecule has 0 saturated heterocycles. The molecular weight excluding hydrogens is 225 g/mol. The molecule has 0 aromatic heterocycles. The summed E-state index contributed by atoms with van der Waals surface area (Å²) in [5, 5.41) is 3.35. The molecule has 1 N–H and O–H groups in total. The Morgan fingerprint density at radius 1 is 0.944 bits per heavy atom. The van der Waals surface area contributed by atoms with Gasteiger partial charge in [0.05, 0.1) is 0 Å². The van der Waals surface area contributed by atoms with Gasteiger partial charge in [0.15, 0.2) is 0 Å². The van der Waals surface area contributed by atoms with Gasteiger partial charge in [-0.05, 0) is 35.2 Å². The first-order valence-corrected chi connectivity index (χ1v) is 6.31. The summed E-state index contributed by atoms with van der Waals surface area (Å²) in [6, 6.07) is 15.1. The fraction of sp³-hybridized carbons (Fsp3) is 0.250. The minimum Gasteiger partial charge on any atom is -0.309 e. The predicted octanol–water partition coefficient (Wildman–Crippen LogP) is 3.68. The standard InChI is InChI=1S/C16H18FN/c1-2-14-7-3-4-8-15(14)12-18-11-13-6-5-9-16(17)10-13/h3-10,18H,2,11-12H2,1H3. The van der Waals surface area contributed by atoms with Crippen LogP contribution in [0.1, 0.15) is 23.6 Å². The van der Waals surface area contributed by atoms with Crippen LogP contribution in [0.5, 0.6) is 0 Å². The van der Waals surface area contributed by atoms with Crippen LogP contribution in [-0.2, 0) is 19.5 Å². The molecule has 2 rings (SSSR count). The Morgan fingerprint density at radius 3 is 2.44 bits per heavy atom. The molecule has 0 unspecified atom stereocenters. The van der Waals surface area contributed by atoms with E-state index in [1.54, 1.807) is 12.1 Å². The number of nitrogens with one attached hydrogen (secondary N) is 1. The van der Waals surface area contributed by atoms with E-state index in [-0.39, 0.29) is 5.82 Å². The van der Waals surface area contributed by atoms with Gasteiger partial charge in [-0.2, -0.15) is 0 Å². The lowest BCUT2D eigenvalue weighted by atomic mass is 10.1. The normalized spacial score (nSPS) is 10.6. The lowest BCUT2D eigenvalue weighted by molar-refractivity contribution is 0.620. The monoisotopic (exact) mass is 243 g/mol. The lowest BCUT2D eigenvalue weighted by Crippen LogP contribution is -2.14. The van der Waals surface area contributed by atoms with Crippen molar-refractivity contribution < 1.29 is 4.39 Å². The van der Waals surface area contributed by atoms with E-state index in [4.69, 9.17) is 0 Å². The molecule has 0 atom stereocenters. The van der Waals surface area contributed by atoms with Crippen molar-refractivity contribution in [2.75, 3.05) is 0 Å². The highest BCUT2D eigenvalue weighted by molar-refractivity contribution is 5.27. The van der Waals surface area contributed by atoms with Gasteiger partial charge < -0.3 is 5.32 Å². The third kappa shape index (κ3) is 3.41. The molecule has 1 nitrogen and oxygen atoms in total. The average molecular weight is 243 g/mol. The van der Waals surface area contributed by atoms with Crippen molar-refractivity contribution >= 4 is 0 Å². The van der Waals surface area contributed by atoms with Gasteiger partial charge >= 0.3 is 0 Å². The Labute approximate surface area is 108 Å². The van der Waals surface area contributed by atoms with E-state index in [1.807, 2.05) is 6.07 Å². The van der Waals surface area contributed by atoms with Gasteiger partial charge in [0, 0.05) is 13.1 Å². The topological polar surface area (TPSA) is 12.0 Å². The number of aryl methyl sites for hydroxylation is 1. The number of hydrogen-bond acceptors (Lipinski definition) is 1. The largest absolute Gasteiger partial charge is 0.309 e. The highest BCUT2D eigenvalue weighted by Crippen LogP contribution is 2.09. The lowest BCUT2D eigenvalue weighted by Gasteiger charge is -2.09. The maximum absolute atomic E-state index is 13.0. The molecule has 0 heterocycles. The Morgan fingerprint density at radius 2 is 1.72 bits per heavy atom. The van der Waals surface area contributed by atoms with Gasteiger partial charge in [0.2, 0.25) is 0 Å². The highest BCUT2D eigenvalue weighted by atomic mass is 19.1. The third-order valence-corrected chi connectivity index (χ3v) is 3.03. The van der Waals surface area contributed by atoms with Gasteiger partial charge in [-0.15, -0.1) is 0 Å². The Hall–Kier alpha value is -1.67. The Balaban J connectivity index is 1.92. The smallest absolute Gasteiger partial charge is 0.123 e. The zero-order chi connectivity index (χ0) is 12.8. The fourth-order valence-corrected chi connectivity index (χ4v) is 2.06. The maximum atomic E-state index is 13.0. The van der Waals surface area contributed by atoms with Gasteiger partial charge in [-0.25, -0.2) is 4.39 Å². The number of halogens is 1. The second-order valence-corrected chi connectivity index (χ2v) is 4.36. The summed E-state index contributed by atoms with van der Waals surface area (Å²) in [7, 11) is 0. The van der Waals surface area contributed by atoms with Crippen LogP contribution in [0, 0.1) is 5.82 Å². The highest BCUT2D eigenvalue weighted by Gasteiger charge is 1.99. The molecule has 0 aliphatic rings. The number of benzene rings is 2. The molecule has 2 heteroatoms. The Kier molecular flexibility index (Phi) is 4.48. The first-order valence-electron chi connectivity index (χ1n) is 6.31. The zero-order valence-electron chi connectivity index (χ0n) is 10.6. The van der Waals surface area contributed by atoms with Crippen molar-refractivity contribution in [2.24, 2.45) is 0 Å². The maximum Gasteiger partial charge on any atom is 0.123 e. The molecule has 0 fully saturated rings. The van der Waals surface area contributed by atoms with E-state index in [9.17, 15) is 4.39 Å². The molecule has 0 radical (unpaired) electrons. The SMILES string of the molecule is CCc1ccccc1CNCc1cccc(F)c1. The van der Waals surface area contributed by atoms with Crippen LogP contribution in [-0.4, -0.2) is 0 Å². The number of rotatable bonds is 5. The van der Waals surface area contributed by atoms with Crippen LogP contribution in [0.15, 0.2) is 48.5 Å². The van der Waals surface area contributed by atoms with Crippen LogP contribution in [0.2, 0.25) is 0 Å². The molecule has 2 aromatic carbocycles. The molecule has 0 amide bonds. The van der Waals surface area contributed by atoms with E-state index in [2.05, 4.69) is 36.5 Å². The summed E-state index contributed by atoms with van der Waals surface area (Å²) in [5.41, 5.74) is 3.66. The quantitative estimate of drug-likeness (QED) is 0.844. The van der Waals surface area contributed by atoms with Crippen LogP contribution in [0.4, 0.5) is 4.39 Å². The van der Waals surface area contributed by atoms with Crippen molar-refractivity contribution in [2.45, 2.75) is 26.4 Å². The third-order valence-electron chi connectivity index (χ3n) is 3.03. The van der Waals surface area contributed by atoms with Gasteiger partial charge in [-0.3, -0.25) is 0 Å². The van der Waals surface area contributed by atoms with Crippen molar-refractivity contribution in [3.8, 4) is 0 Å². The minimum atomic E-state index is -0.178. The zero-order valence-corrected chi connectivity index (χ0v) is 10.6. The van der Waals surface area contributed by atoms with E-state index >= 15 is 0 Å². The molecule has 18 heavy (non-hydrogen) atoms. The van der Waals surface area contributed by atoms with Crippen molar-refractivity contribution in [3.63, 3.8) is 0 Å². The van der Waals surface area contributed by atoms with Gasteiger partial charge in [-0.1, -0.05) is 43.3 Å². The molecule has 0 aliphatic heterocycles. The summed E-state index contributed by atoms with van der Waals surface area (Å²) in [6.45, 7) is 3.67. The summed E-state index contributed by atoms with van der Waals surface area (Å²) in [6.07, 6.45) is 1.04. The number of hydrogen-bond donors (Lipinski definition) is 1. The summed E-state index contributed by atoms with van der Waals surface area (Å²) in [4.78, 5) is 0. The van der Waals surface area contributed by atoms with E-state index in [0.717, 1.165) is 18.5 Å². The van der Waals surface area contributed by atoms with Crippen LogP contribution in [0.25, 0.3) is 0 Å². The first kappa shape index (κ1) is 12.8. The summed E-state index contributed by atoms with van der Waals surface area (Å²) < 4.78 is 13.0. The second kappa shape index (κ2) is 6.31. The van der Waals surface area contributed by atoms with Crippen LogP contribution in [0.3, 0.4) is 0 Å². The van der Waals surface area contributed by atoms with Crippen molar-refractivity contribution in [3.05, 3.63) is 71.0 Å². The molecule has 0 bridgehead atoms.